The molecule has 0 radical (unpaired) electrons. The van der Waals surface area contributed by atoms with E-state index in [2.05, 4.69) is 51.2 Å². The van der Waals surface area contributed by atoms with Gasteiger partial charge in [-0.05, 0) is 37.8 Å². The standard InChI is InChI=1S/C17H24N2/c1-5-9-13-10-8-11-15-16(13)19-12(4)14(6-2)17(15)18-7-3/h8,10-11H,5-7,9H2,1-4H3,(H,18,19). The van der Waals surface area contributed by atoms with Crippen LogP contribution >= 0.6 is 0 Å². The average molecular weight is 256 g/mol. The summed E-state index contributed by atoms with van der Waals surface area (Å²) < 4.78 is 0. The van der Waals surface area contributed by atoms with Crippen LogP contribution in [0.2, 0.25) is 0 Å². The first-order valence-electron chi connectivity index (χ1n) is 7.37. The molecule has 102 valence electrons. The fraction of sp³-hybridized carbons (Fsp3) is 0.471. The third-order valence-electron chi connectivity index (χ3n) is 3.63. The van der Waals surface area contributed by atoms with Crippen molar-refractivity contribution in [2.45, 2.75) is 47.0 Å². The normalized spacial score (nSPS) is 10.9. The van der Waals surface area contributed by atoms with Gasteiger partial charge in [0.05, 0.1) is 5.52 Å². The van der Waals surface area contributed by atoms with E-state index < -0.39 is 0 Å². The molecule has 0 unspecified atom stereocenters. The highest BCUT2D eigenvalue weighted by Gasteiger charge is 2.12. The second kappa shape index (κ2) is 6.05. The molecule has 19 heavy (non-hydrogen) atoms. The predicted octanol–water partition coefficient (Wildman–Crippen LogP) is 4.49. The lowest BCUT2D eigenvalue weighted by molar-refractivity contribution is 0.924. The Morgan fingerprint density at radius 2 is 1.95 bits per heavy atom. The largest absolute Gasteiger partial charge is 0.384 e. The Morgan fingerprint density at radius 1 is 1.16 bits per heavy atom. The molecule has 0 saturated heterocycles. The smallest absolute Gasteiger partial charge is 0.0758 e. The van der Waals surface area contributed by atoms with E-state index in [1.165, 1.54) is 27.7 Å². The summed E-state index contributed by atoms with van der Waals surface area (Å²) in [6, 6.07) is 6.56. The van der Waals surface area contributed by atoms with Gasteiger partial charge in [-0.2, -0.15) is 0 Å². The van der Waals surface area contributed by atoms with Crippen molar-refractivity contribution in [1.29, 1.82) is 0 Å². The number of pyridine rings is 1. The van der Waals surface area contributed by atoms with E-state index in [0.29, 0.717) is 0 Å². The Bertz CT molecular complexity index is 573. The molecule has 2 heteroatoms. The van der Waals surface area contributed by atoms with Crippen molar-refractivity contribution < 1.29 is 0 Å². The van der Waals surface area contributed by atoms with Crippen LogP contribution in [-0.2, 0) is 12.8 Å². The number of rotatable bonds is 5. The maximum Gasteiger partial charge on any atom is 0.0758 e. The third-order valence-corrected chi connectivity index (χ3v) is 3.63. The predicted molar refractivity (Wildman–Crippen MR) is 84.0 cm³/mol. The van der Waals surface area contributed by atoms with Crippen LogP contribution in [0.1, 0.15) is 44.0 Å². The van der Waals surface area contributed by atoms with E-state index in [9.17, 15) is 0 Å². The molecule has 2 aromatic rings. The molecule has 0 bridgehead atoms. The van der Waals surface area contributed by atoms with Crippen LogP contribution in [0, 0.1) is 6.92 Å². The summed E-state index contributed by atoms with van der Waals surface area (Å²) in [5, 5.41) is 4.81. The summed E-state index contributed by atoms with van der Waals surface area (Å²) in [4.78, 5) is 4.87. The van der Waals surface area contributed by atoms with Gasteiger partial charge in [0.25, 0.3) is 0 Å². The van der Waals surface area contributed by atoms with Gasteiger partial charge in [-0.15, -0.1) is 0 Å². The van der Waals surface area contributed by atoms with Gasteiger partial charge in [-0.1, -0.05) is 38.5 Å². The van der Waals surface area contributed by atoms with Crippen molar-refractivity contribution in [3.8, 4) is 0 Å². The molecule has 0 saturated carbocycles. The molecule has 1 heterocycles. The molecule has 0 amide bonds. The number of hydrogen-bond acceptors (Lipinski definition) is 2. The topological polar surface area (TPSA) is 24.9 Å². The number of aryl methyl sites for hydroxylation is 2. The minimum absolute atomic E-state index is 0.948. The van der Waals surface area contributed by atoms with E-state index >= 15 is 0 Å². The number of hydrogen-bond donors (Lipinski definition) is 1. The van der Waals surface area contributed by atoms with Gasteiger partial charge in [0.2, 0.25) is 0 Å². The molecule has 0 aliphatic rings. The second-order valence-electron chi connectivity index (χ2n) is 5.00. The highest BCUT2D eigenvalue weighted by Crippen LogP contribution is 2.31. The molecular formula is C17H24N2. The van der Waals surface area contributed by atoms with Gasteiger partial charge in [0, 0.05) is 23.3 Å². The zero-order valence-corrected chi connectivity index (χ0v) is 12.5. The maximum absolute atomic E-state index is 4.87. The van der Waals surface area contributed by atoms with Crippen molar-refractivity contribution in [2.75, 3.05) is 11.9 Å². The van der Waals surface area contributed by atoms with E-state index in [-0.39, 0.29) is 0 Å². The molecule has 0 aliphatic carbocycles. The first kappa shape index (κ1) is 13.9. The molecule has 2 nitrogen and oxygen atoms in total. The van der Waals surface area contributed by atoms with Crippen LogP contribution < -0.4 is 5.32 Å². The van der Waals surface area contributed by atoms with Crippen molar-refractivity contribution in [1.82, 2.24) is 4.98 Å². The maximum atomic E-state index is 4.87. The van der Waals surface area contributed by atoms with Crippen LogP contribution in [0.15, 0.2) is 18.2 Å². The van der Waals surface area contributed by atoms with Crippen molar-refractivity contribution in [3.63, 3.8) is 0 Å². The lowest BCUT2D eigenvalue weighted by Crippen LogP contribution is -2.06. The van der Waals surface area contributed by atoms with Gasteiger partial charge < -0.3 is 5.32 Å². The fourth-order valence-corrected chi connectivity index (χ4v) is 2.79. The Kier molecular flexibility index (Phi) is 4.41. The van der Waals surface area contributed by atoms with Crippen LogP contribution in [0.5, 0.6) is 0 Å². The summed E-state index contributed by atoms with van der Waals surface area (Å²) in [5.74, 6) is 0. The Balaban J connectivity index is 2.74. The van der Waals surface area contributed by atoms with E-state index in [4.69, 9.17) is 4.98 Å². The average Bonchev–Trinajstić information content (AvgIpc) is 2.40. The van der Waals surface area contributed by atoms with Gasteiger partial charge in [0.15, 0.2) is 0 Å². The van der Waals surface area contributed by atoms with Crippen LogP contribution in [0.3, 0.4) is 0 Å². The molecule has 0 atom stereocenters. The summed E-state index contributed by atoms with van der Waals surface area (Å²) in [5.41, 5.74) is 6.34. The number of fused-ring (bicyclic) bond motifs is 1. The first-order chi connectivity index (χ1) is 9.22. The van der Waals surface area contributed by atoms with Crippen molar-refractivity contribution in [3.05, 3.63) is 35.0 Å². The number of nitrogens with one attached hydrogen (secondary N) is 1. The van der Waals surface area contributed by atoms with Crippen LogP contribution in [0.4, 0.5) is 5.69 Å². The highest BCUT2D eigenvalue weighted by atomic mass is 14.9. The number of benzene rings is 1. The minimum atomic E-state index is 0.948. The molecular weight excluding hydrogens is 232 g/mol. The third kappa shape index (κ3) is 2.58. The molecule has 2 rings (SSSR count). The van der Waals surface area contributed by atoms with Gasteiger partial charge in [-0.25, -0.2) is 0 Å². The van der Waals surface area contributed by atoms with E-state index in [1.54, 1.807) is 0 Å². The van der Waals surface area contributed by atoms with Crippen molar-refractivity contribution in [2.24, 2.45) is 0 Å². The molecule has 1 aromatic carbocycles. The number of nitrogens with zero attached hydrogens (tertiary/aromatic N) is 1. The molecule has 0 aliphatic heterocycles. The monoisotopic (exact) mass is 256 g/mol. The zero-order valence-electron chi connectivity index (χ0n) is 12.5. The Morgan fingerprint density at radius 3 is 2.58 bits per heavy atom. The summed E-state index contributed by atoms with van der Waals surface area (Å²) in [7, 11) is 0. The molecule has 1 N–H and O–H groups in total. The summed E-state index contributed by atoms with van der Waals surface area (Å²) in [6.07, 6.45) is 3.28. The summed E-state index contributed by atoms with van der Waals surface area (Å²) >= 11 is 0. The number of aromatic nitrogens is 1. The van der Waals surface area contributed by atoms with Gasteiger partial charge >= 0.3 is 0 Å². The van der Waals surface area contributed by atoms with Gasteiger partial charge in [-0.3, -0.25) is 4.98 Å². The zero-order chi connectivity index (χ0) is 13.8. The second-order valence-corrected chi connectivity index (χ2v) is 5.00. The summed E-state index contributed by atoms with van der Waals surface area (Å²) in [6.45, 7) is 9.65. The first-order valence-corrected chi connectivity index (χ1v) is 7.37. The fourth-order valence-electron chi connectivity index (χ4n) is 2.79. The quantitative estimate of drug-likeness (QED) is 0.852. The number of para-hydroxylation sites is 1. The lowest BCUT2D eigenvalue weighted by atomic mass is 9.99. The lowest BCUT2D eigenvalue weighted by Gasteiger charge is -2.17. The molecule has 0 fully saturated rings. The highest BCUT2D eigenvalue weighted by molar-refractivity contribution is 5.95. The van der Waals surface area contributed by atoms with E-state index in [1.807, 2.05) is 0 Å². The minimum Gasteiger partial charge on any atom is -0.384 e. The van der Waals surface area contributed by atoms with Crippen molar-refractivity contribution >= 4 is 16.6 Å². The van der Waals surface area contributed by atoms with E-state index in [0.717, 1.165) is 31.5 Å². The Hall–Kier alpha value is -1.57. The van der Waals surface area contributed by atoms with Crippen LogP contribution in [0.25, 0.3) is 10.9 Å². The molecule has 1 aromatic heterocycles. The number of anilines is 1. The SMILES string of the molecule is CCCc1cccc2c(NCC)c(CC)c(C)nc12. The van der Waals surface area contributed by atoms with Crippen LogP contribution in [-0.4, -0.2) is 11.5 Å². The van der Waals surface area contributed by atoms with Gasteiger partial charge in [0.1, 0.15) is 0 Å². The Labute approximate surface area is 116 Å². The molecule has 0 spiro atoms.